The van der Waals surface area contributed by atoms with Crippen LogP contribution in [0.25, 0.3) is 22.8 Å². The zero-order chi connectivity index (χ0) is 18.6. The highest BCUT2D eigenvalue weighted by atomic mass is 16.1. The minimum atomic E-state index is -0.190. The first-order valence-electron chi connectivity index (χ1n) is 9.34. The lowest BCUT2D eigenvalue weighted by Gasteiger charge is -2.31. The number of amides is 1. The fraction of sp³-hybridized carbons (Fsp3) is 0.350. The van der Waals surface area contributed by atoms with Crippen molar-refractivity contribution in [1.29, 1.82) is 0 Å². The Morgan fingerprint density at radius 1 is 1.22 bits per heavy atom. The van der Waals surface area contributed by atoms with Gasteiger partial charge < -0.3 is 20.2 Å². The number of nitrogens with zero attached hydrogens (tertiary/aromatic N) is 4. The second-order valence-electron chi connectivity index (χ2n) is 6.98. The van der Waals surface area contributed by atoms with E-state index in [4.69, 9.17) is 5.73 Å². The molecule has 0 spiro atoms. The molecule has 1 aliphatic heterocycles. The SMILES string of the molecule is NC(=O)C1CCCN(CCn2cnc(-c3ccccc3)c2-c2ncc[nH]2)C1. The third kappa shape index (κ3) is 3.78. The van der Waals surface area contributed by atoms with Gasteiger partial charge in [-0.15, -0.1) is 0 Å². The van der Waals surface area contributed by atoms with Gasteiger partial charge in [0, 0.05) is 37.6 Å². The van der Waals surface area contributed by atoms with Crippen LogP contribution in [-0.4, -0.2) is 50.0 Å². The number of imidazole rings is 2. The average molecular weight is 364 g/mol. The number of rotatable bonds is 6. The molecule has 0 bridgehead atoms. The van der Waals surface area contributed by atoms with Gasteiger partial charge in [-0.1, -0.05) is 30.3 Å². The normalized spacial score (nSPS) is 17.9. The minimum Gasteiger partial charge on any atom is -0.369 e. The molecule has 7 nitrogen and oxygen atoms in total. The first-order chi connectivity index (χ1) is 13.2. The van der Waals surface area contributed by atoms with Gasteiger partial charge in [0.1, 0.15) is 5.69 Å². The number of hydrogen-bond donors (Lipinski definition) is 2. The number of benzene rings is 1. The van der Waals surface area contributed by atoms with Gasteiger partial charge in [-0.2, -0.15) is 0 Å². The Morgan fingerprint density at radius 3 is 2.81 bits per heavy atom. The quantitative estimate of drug-likeness (QED) is 0.701. The fourth-order valence-corrected chi connectivity index (χ4v) is 3.74. The summed E-state index contributed by atoms with van der Waals surface area (Å²) in [6.45, 7) is 3.37. The highest BCUT2D eigenvalue weighted by Crippen LogP contribution is 2.29. The molecule has 1 amide bonds. The van der Waals surface area contributed by atoms with Crippen molar-refractivity contribution in [2.24, 2.45) is 11.7 Å². The number of nitrogens with two attached hydrogens (primary N) is 1. The molecule has 1 unspecified atom stereocenters. The lowest BCUT2D eigenvalue weighted by atomic mass is 9.97. The lowest BCUT2D eigenvalue weighted by Crippen LogP contribution is -2.42. The number of primary amides is 1. The monoisotopic (exact) mass is 364 g/mol. The van der Waals surface area contributed by atoms with Crippen LogP contribution in [0, 0.1) is 5.92 Å². The maximum absolute atomic E-state index is 11.5. The molecule has 3 heterocycles. The summed E-state index contributed by atoms with van der Waals surface area (Å²) in [6.07, 6.45) is 7.35. The second-order valence-corrected chi connectivity index (χ2v) is 6.98. The first kappa shape index (κ1) is 17.5. The molecule has 1 aromatic carbocycles. The van der Waals surface area contributed by atoms with Crippen molar-refractivity contribution in [2.75, 3.05) is 19.6 Å². The molecule has 7 heteroatoms. The Hall–Kier alpha value is -2.93. The Bertz CT molecular complexity index is 887. The standard InChI is InChI=1S/C20H24N6O/c21-19(27)16-7-4-10-25(13-16)11-12-26-14-24-17(15-5-2-1-3-6-15)18(26)20-22-8-9-23-20/h1-3,5-6,8-9,14,16H,4,7,10-13H2,(H2,21,27)(H,22,23). The van der Waals surface area contributed by atoms with E-state index in [-0.39, 0.29) is 11.8 Å². The predicted molar refractivity (Wildman–Crippen MR) is 104 cm³/mol. The number of likely N-dealkylation sites (tertiary alicyclic amines) is 1. The van der Waals surface area contributed by atoms with Gasteiger partial charge in [0.2, 0.25) is 5.91 Å². The molecule has 4 rings (SSSR count). The number of piperidine rings is 1. The van der Waals surface area contributed by atoms with Crippen molar-refractivity contribution in [3.05, 3.63) is 49.1 Å². The Kier molecular flexibility index (Phi) is 5.02. The second kappa shape index (κ2) is 7.75. The van der Waals surface area contributed by atoms with Gasteiger partial charge in [0.25, 0.3) is 0 Å². The first-order valence-corrected chi connectivity index (χ1v) is 9.34. The molecule has 3 aromatic rings. The highest BCUT2D eigenvalue weighted by Gasteiger charge is 2.24. The van der Waals surface area contributed by atoms with E-state index in [2.05, 4.69) is 36.6 Å². The molecule has 27 heavy (non-hydrogen) atoms. The molecule has 0 aliphatic carbocycles. The molecule has 0 saturated carbocycles. The third-order valence-corrected chi connectivity index (χ3v) is 5.17. The number of H-pyrrole nitrogens is 1. The van der Waals surface area contributed by atoms with E-state index in [1.165, 1.54) is 0 Å². The number of aromatic nitrogens is 4. The van der Waals surface area contributed by atoms with Crippen molar-refractivity contribution >= 4 is 5.91 Å². The van der Waals surface area contributed by atoms with Crippen LogP contribution in [0.15, 0.2) is 49.1 Å². The van der Waals surface area contributed by atoms with E-state index in [1.54, 1.807) is 6.20 Å². The number of carbonyl (C=O) groups is 1. The van der Waals surface area contributed by atoms with E-state index in [0.717, 1.165) is 61.8 Å². The van der Waals surface area contributed by atoms with E-state index >= 15 is 0 Å². The molecule has 2 aromatic heterocycles. The van der Waals surface area contributed by atoms with Crippen molar-refractivity contribution in [3.63, 3.8) is 0 Å². The molecule has 140 valence electrons. The van der Waals surface area contributed by atoms with Crippen LogP contribution in [0.2, 0.25) is 0 Å². The van der Waals surface area contributed by atoms with Gasteiger partial charge in [-0.25, -0.2) is 9.97 Å². The third-order valence-electron chi connectivity index (χ3n) is 5.17. The molecular formula is C20H24N6O. The summed E-state index contributed by atoms with van der Waals surface area (Å²) in [5, 5.41) is 0. The smallest absolute Gasteiger partial charge is 0.221 e. The zero-order valence-corrected chi connectivity index (χ0v) is 15.2. The summed E-state index contributed by atoms with van der Waals surface area (Å²) in [4.78, 5) is 26.1. The van der Waals surface area contributed by atoms with Crippen molar-refractivity contribution < 1.29 is 4.79 Å². The lowest BCUT2D eigenvalue weighted by molar-refractivity contribution is -0.123. The van der Waals surface area contributed by atoms with Crippen LogP contribution in [0.3, 0.4) is 0 Å². The molecule has 1 fully saturated rings. The van der Waals surface area contributed by atoms with E-state index in [9.17, 15) is 4.79 Å². The molecule has 1 saturated heterocycles. The molecule has 1 aliphatic rings. The molecule has 0 radical (unpaired) electrons. The van der Waals surface area contributed by atoms with Crippen LogP contribution >= 0.6 is 0 Å². The van der Waals surface area contributed by atoms with Crippen LogP contribution in [0.5, 0.6) is 0 Å². The maximum atomic E-state index is 11.5. The summed E-state index contributed by atoms with van der Waals surface area (Å²) in [7, 11) is 0. The van der Waals surface area contributed by atoms with Crippen LogP contribution in [-0.2, 0) is 11.3 Å². The summed E-state index contributed by atoms with van der Waals surface area (Å²) in [6, 6.07) is 10.1. The van der Waals surface area contributed by atoms with Crippen LogP contribution < -0.4 is 5.73 Å². The summed E-state index contributed by atoms with van der Waals surface area (Å²) >= 11 is 0. The molecule has 3 N–H and O–H groups in total. The van der Waals surface area contributed by atoms with E-state index in [1.807, 2.05) is 30.7 Å². The van der Waals surface area contributed by atoms with Gasteiger partial charge in [0.05, 0.1) is 17.9 Å². The number of nitrogens with one attached hydrogen (secondary N) is 1. The fourth-order valence-electron chi connectivity index (χ4n) is 3.74. The zero-order valence-electron chi connectivity index (χ0n) is 15.2. The average Bonchev–Trinajstić information content (AvgIpc) is 3.36. The van der Waals surface area contributed by atoms with Crippen molar-refractivity contribution in [2.45, 2.75) is 19.4 Å². The molecule has 1 atom stereocenters. The minimum absolute atomic E-state index is 0.0361. The van der Waals surface area contributed by atoms with Crippen LogP contribution in [0.1, 0.15) is 12.8 Å². The van der Waals surface area contributed by atoms with Crippen LogP contribution in [0.4, 0.5) is 0 Å². The molecular weight excluding hydrogens is 340 g/mol. The van der Waals surface area contributed by atoms with E-state index in [0.29, 0.717) is 0 Å². The van der Waals surface area contributed by atoms with Gasteiger partial charge >= 0.3 is 0 Å². The Morgan fingerprint density at radius 2 is 2.07 bits per heavy atom. The number of aromatic amines is 1. The van der Waals surface area contributed by atoms with Gasteiger partial charge in [-0.05, 0) is 19.4 Å². The highest BCUT2D eigenvalue weighted by molar-refractivity contribution is 5.77. The largest absolute Gasteiger partial charge is 0.369 e. The number of hydrogen-bond acceptors (Lipinski definition) is 4. The van der Waals surface area contributed by atoms with Gasteiger partial charge in [-0.3, -0.25) is 4.79 Å². The number of carbonyl (C=O) groups excluding carboxylic acids is 1. The summed E-state index contributed by atoms with van der Waals surface area (Å²) in [5.41, 5.74) is 8.46. The Labute approximate surface area is 158 Å². The predicted octanol–water partition coefficient (Wildman–Crippen LogP) is 2.14. The summed E-state index contributed by atoms with van der Waals surface area (Å²) < 4.78 is 2.13. The topological polar surface area (TPSA) is 92.8 Å². The Balaban J connectivity index is 1.56. The van der Waals surface area contributed by atoms with Gasteiger partial charge in [0.15, 0.2) is 5.82 Å². The summed E-state index contributed by atoms with van der Waals surface area (Å²) in [5.74, 6) is 0.580. The maximum Gasteiger partial charge on any atom is 0.221 e. The van der Waals surface area contributed by atoms with E-state index < -0.39 is 0 Å². The van der Waals surface area contributed by atoms with Crippen molar-refractivity contribution in [1.82, 2.24) is 24.4 Å². The van der Waals surface area contributed by atoms with Crippen molar-refractivity contribution in [3.8, 4) is 22.8 Å².